The predicted molar refractivity (Wildman–Crippen MR) is 71.8 cm³/mol. The molecule has 0 spiro atoms. The molecule has 0 saturated carbocycles. The maximum Gasteiger partial charge on any atom is 0.378 e. The van der Waals surface area contributed by atoms with Crippen molar-refractivity contribution in [2.75, 3.05) is 27.9 Å². The summed E-state index contributed by atoms with van der Waals surface area (Å²) in [6, 6.07) is 3.38. The van der Waals surface area contributed by atoms with E-state index in [9.17, 15) is 4.79 Å². The van der Waals surface area contributed by atoms with Crippen molar-refractivity contribution in [1.82, 2.24) is 0 Å². The second-order valence-electron chi connectivity index (χ2n) is 3.86. The van der Waals surface area contributed by atoms with Crippen molar-refractivity contribution in [3.63, 3.8) is 0 Å². The lowest BCUT2D eigenvalue weighted by Crippen LogP contribution is -2.04. The maximum absolute atomic E-state index is 11.9. The Morgan fingerprint density at radius 3 is 2.35 bits per heavy atom. The molecule has 0 saturated heterocycles. The summed E-state index contributed by atoms with van der Waals surface area (Å²) in [5.74, 6) is 0.669. The lowest BCUT2D eigenvalue weighted by Gasteiger charge is -2.08. The molecular formula is C14H16O6. The van der Waals surface area contributed by atoms with E-state index in [1.54, 1.807) is 19.1 Å². The van der Waals surface area contributed by atoms with Gasteiger partial charge in [-0.25, -0.2) is 4.79 Å². The van der Waals surface area contributed by atoms with E-state index >= 15 is 0 Å². The Bertz CT molecular complexity index is 628. The van der Waals surface area contributed by atoms with Gasteiger partial charge in [0.25, 0.3) is 5.76 Å². The fourth-order valence-electron chi connectivity index (χ4n) is 2.00. The molecule has 108 valence electrons. The van der Waals surface area contributed by atoms with Crippen LogP contribution in [-0.2, 0) is 4.74 Å². The largest absolute Gasteiger partial charge is 0.493 e. The molecule has 6 heteroatoms. The molecule has 0 amide bonds. The molecule has 6 nitrogen and oxygen atoms in total. The van der Waals surface area contributed by atoms with Crippen LogP contribution in [0.15, 0.2) is 16.5 Å². The van der Waals surface area contributed by atoms with E-state index in [2.05, 4.69) is 0 Å². The molecule has 0 atom stereocenters. The van der Waals surface area contributed by atoms with Crippen LogP contribution in [0.4, 0.5) is 0 Å². The molecule has 0 bridgehead atoms. The molecule has 0 fully saturated rings. The lowest BCUT2D eigenvalue weighted by molar-refractivity contribution is 0.0488. The molecule has 0 radical (unpaired) electrons. The van der Waals surface area contributed by atoms with Crippen LogP contribution in [0.3, 0.4) is 0 Å². The second kappa shape index (κ2) is 5.73. The molecule has 1 aromatic heterocycles. The van der Waals surface area contributed by atoms with Crippen LogP contribution in [0.1, 0.15) is 17.5 Å². The van der Waals surface area contributed by atoms with Crippen LogP contribution in [0.5, 0.6) is 17.2 Å². The first-order valence-corrected chi connectivity index (χ1v) is 6.06. The van der Waals surface area contributed by atoms with Crippen molar-refractivity contribution in [2.24, 2.45) is 0 Å². The van der Waals surface area contributed by atoms with Gasteiger partial charge in [-0.3, -0.25) is 0 Å². The minimum Gasteiger partial charge on any atom is -0.493 e. The monoisotopic (exact) mass is 280 g/mol. The van der Waals surface area contributed by atoms with Crippen molar-refractivity contribution < 1.29 is 28.2 Å². The molecule has 1 heterocycles. The number of fused-ring (bicyclic) bond motifs is 1. The highest BCUT2D eigenvalue weighted by atomic mass is 16.6. The molecule has 0 unspecified atom stereocenters. The van der Waals surface area contributed by atoms with Gasteiger partial charge in [-0.05, 0) is 19.1 Å². The highest BCUT2D eigenvalue weighted by Crippen LogP contribution is 2.44. The maximum atomic E-state index is 11.9. The Labute approximate surface area is 116 Å². The van der Waals surface area contributed by atoms with E-state index in [0.29, 0.717) is 22.5 Å². The molecule has 0 aliphatic rings. The molecule has 20 heavy (non-hydrogen) atoms. The van der Waals surface area contributed by atoms with Crippen molar-refractivity contribution in [3.8, 4) is 17.2 Å². The van der Waals surface area contributed by atoms with E-state index in [1.807, 2.05) is 0 Å². The topological polar surface area (TPSA) is 67.1 Å². The Hall–Kier alpha value is -2.37. The number of ether oxygens (including phenoxy) is 4. The number of carbonyl (C=O) groups is 1. The van der Waals surface area contributed by atoms with Crippen LogP contribution in [0.2, 0.25) is 0 Å². The third-order valence-electron chi connectivity index (χ3n) is 2.82. The van der Waals surface area contributed by atoms with Gasteiger partial charge in [0.2, 0.25) is 0 Å². The predicted octanol–water partition coefficient (Wildman–Crippen LogP) is 2.64. The molecule has 2 rings (SSSR count). The summed E-state index contributed by atoms with van der Waals surface area (Å²) < 4.78 is 26.3. The minimum absolute atomic E-state index is 0.0101. The first-order chi connectivity index (χ1) is 9.67. The van der Waals surface area contributed by atoms with E-state index in [4.69, 9.17) is 23.4 Å². The Morgan fingerprint density at radius 1 is 1.10 bits per heavy atom. The molecule has 0 aliphatic heterocycles. The van der Waals surface area contributed by atoms with Crippen molar-refractivity contribution in [1.29, 1.82) is 0 Å². The number of esters is 1. The van der Waals surface area contributed by atoms with Crippen molar-refractivity contribution >= 4 is 16.9 Å². The SMILES string of the molecule is CCOC(=O)c1oc2ccc(OC)c(OC)c2c1OC. The highest BCUT2D eigenvalue weighted by Gasteiger charge is 2.26. The van der Waals surface area contributed by atoms with E-state index in [1.165, 1.54) is 21.3 Å². The van der Waals surface area contributed by atoms with Gasteiger partial charge >= 0.3 is 5.97 Å². The number of methoxy groups -OCH3 is 3. The van der Waals surface area contributed by atoms with Gasteiger partial charge in [-0.2, -0.15) is 0 Å². The average molecular weight is 280 g/mol. The summed E-state index contributed by atoms with van der Waals surface area (Å²) in [7, 11) is 4.49. The number of hydrogen-bond donors (Lipinski definition) is 0. The fourth-order valence-corrected chi connectivity index (χ4v) is 2.00. The number of hydrogen-bond acceptors (Lipinski definition) is 6. The Kier molecular flexibility index (Phi) is 4.02. The van der Waals surface area contributed by atoms with Gasteiger partial charge in [0.1, 0.15) is 11.0 Å². The standard InChI is InChI=1S/C14H16O6/c1-5-19-14(15)13-12(18-4)10-8(20-13)6-7-9(16-2)11(10)17-3/h6-7H,5H2,1-4H3. The molecular weight excluding hydrogens is 264 g/mol. The van der Waals surface area contributed by atoms with Crippen molar-refractivity contribution in [2.45, 2.75) is 6.92 Å². The first-order valence-electron chi connectivity index (χ1n) is 6.06. The third-order valence-corrected chi connectivity index (χ3v) is 2.82. The summed E-state index contributed by atoms with van der Waals surface area (Å²) >= 11 is 0. The normalized spacial score (nSPS) is 10.4. The molecule has 1 aromatic carbocycles. The van der Waals surface area contributed by atoms with E-state index in [-0.39, 0.29) is 18.1 Å². The zero-order chi connectivity index (χ0) is 14.7. The van der Waals surface area contributed by atoms with Crippen LogP contribution in [0, 0.1) is 0 Å². The highest BCUT2D eigenvalue weighted by molar-refractivity contribution is 6.02. The van der Waals surface area contributed by atoms with E-state index in [0.717, 1.165) is 0 Å². The lowest BCUT2D eigenvalue weighted by atomic mass is 10.2. The van der Waals surface area contributed by atoms with Gasteiger partial charge in [0.15, 0.2) is 17.2 Å². The number of furan rings is 1. The summed E-state index contributed by atoms with van der Waals surface area (Å²) in [5.41, 5.74) is 0.461. The molecule has 0 N–H and O–H groups in total. The quantitative estimate of drug-likeness (QED) is 0.784. The zero-order valence-electron chi connectivity index (χ0n) is 11.8. The van der Waals surface area contributed by atoms with Crippen molar-refractivity contribution in [3.05, 3.63) is 17.9 Å². The summed E-state index contributed by atoms with van der Waals surface area (Å²) in [6.07, 6.45) is 0. The van der Waals surface area contributed by atoms with Crippen LogP contribution >= 0.6 is 0 Å². The smallest absolute Gasteiger partial charge is 0.378 e. The van der Waals surface area contributed by atoms with Crippen LogP contribution in [-0.4, -0.2) is 33.9 Å². The van der Waals surface area contributed by atoms with E-state index < -0.39 is 5.97 Å². The molecule has 2 aromatic rings. The summed E-state index contributed by atoms with van der Waals surface area (Å²) in [4.78, 5) is 11.9. The third kappa shape index (κ3) is 2.13. The number of carbonyl (C=O) groups excluding carboxylic acids is 1. The van der Waals surface area contributed by atoms with Gasteiger partial charge in [-0.1, -0.05) is 0 Å². The second-order valence-corrected chi connectivity index (χ2v) is 3.86. The van der Waals surface area contributed by atoms with Gasteiger partial charge < -0.3 is 23.4 Å². The minimum atomic E-state index is -0.582. The number of rotatable bonds is 5. The summed E-state index contributed by atoms with van der Waals surface area (Å²) in [6.45, 7) is 1.97. The van der Waals surface area contributed by atoms with Gasteiger partial charge in [0, 0.05) is 0 Å². The Morgan fingerprint density at radius 2 is 1.80 bits per heavy atom. The van der Waals surface area contributed by atoms with Gasteiger partial charge in [-0.15, -0.1) is 0 Å². The van der Waals surface area contributed by atoms with Gasteiger partial charge in [0.05, 0.1) is 27.9 Å². The zero-order valence-corrected chi connectivity index (χ0v) is 11.8. The fraction of sp³-hybridized carbons (Fsp3) is 0.357. The molecule has 0 aliphatic carbocycles. The average Bonchev–Trinajstić information content (AvgIpc) is 2.84. The number of benzene rings is 1. The summed E-state index contributed by atoms with van der Waals surface area (Å²) in [5, 5.41) is 0.539. The Balaban J connectivity index is 2.72. The van der Waals surface area contributed by atoms with Crippen LogP contribution < -0.4 is 14.2 Å². The van der Waals surface area contributed by atoms with Crippen LogP contribution in [0.25, 0.3) is 11.0 Å². The first kappa shape index (κ1) is 14.0.